The van der Waals surface area contributed by atoms with Crippen LogP contribution in [-0.4, -0.2) is 31.2 Å². The Bertz CT molecular complexity index is 1390. The second kappa shape index (κ2) is 9.09. The lowest BCUT2D eigenvalue weighted by molar-refractivity contribution is -0.116. The summed E-state index contributed by atoms with van der Waals surface area (Å²) in [4.78, 5) is 27.4. The van der Waals surface area contributed by atoms with Gasteiger partial charge < -0.3 is 9.47 Å². The number of hydrogen-bond donors (Lipinski definition) is 1. The molecule has 0 spiro atoms. The summed E-state index contributed by atoms with van der Waals surface area (Å²) < 4.78 is 25.0. The number of ketones is 1. The number of hydrogen-bond acceptors (Lipinski definition) is 4. The number of sulfonamides is 1. The molecule has 0 fully saturated rings. The van der Waals surface area contributed by atoms with E-state index < -0.39 is 10.0 Å². The number of benzene rings is 2. The fourth-order valence-corrected chi connectivity index (χ4v) is 5.28. The van der Waals surface area contributed by atoms with Gasteiger partial charge in [-0.3, -0.25) is 9.59 Å². The van der Waals surface area contributed by atoms with Gasteiger partial charge in [0.05, 0.1) is 4.90 Å². The molecule has 3 aromatic rings. The van der Waals surface area contributed by atoms with Crippen molar-refractivity contribution in [2.45, 2.75) is 50.8 Å². The quantitative estimate of drug-likeness (QED) is 0.519. The Hall–Kier alpha value is -3.23. The van der Waals surface area contributed by atoms with Crippen molar-refractivity contribution < 1.29 is 18.0 Å². The van der Waals surface area contributed by atoms with Gasteiger partial charge in [-0.2, -0.15) is 0 Å². The maximum atomic E-state index is 13.4. The minimum absolute atomic E-state index is 0.00653. The maximum absolute atomic E-state index is 13.4. The minimum atomic E-state index is -3.76. The smallest absolute Gasteiger partial charge is 0.238 e. The van der Waals surface area contributed by atoms with Gasteiger partial charge >= 0.3 is 0 Å². The van der Waals surface area contributed by atoms with Gasteiger partial charge in [-0.25, -0.2) is 13.6 Å². The summed E-state index contributed by atoms with van der Waals surface area (Å²) in [5.74, 6) is -0.228. The van der Waals surface area contributed by atoms with Crippen molar-refractivity contribution in [3.05, 3.63) is 77.6 Å². The summed E-state index contributed by atoms with van der Waals surface area (Å²) >= 11 is 0. The monoisotopic (exact) mass is 493 g/mol. The van der Waals surface area contributed by atoms with Crippen LogP contribution in [0.4, 0.5) is 5.69 Å². The molecule has 2 N–H and O–H groups in total. The standard InChI is InChI=1S/C27H31N3O4S/c1-18(16-22-6-5-14-30(22)21-8-10-23(11-9-21)35(28,33)34)26(32)20-7-12-25-24(17-20)27(3,4)13-15-29(25)19(2)31/h5-12,14,17-18H,13,15-16H2,1-4H3,(H2,28,33,34). The molecule has 0 radical (unpaired) electrons. The first-order chi connectivity index (χ1) is 16.4. The van der Waals surface area contributed by atoms with Crippen LogP contribution in [0.1, 0.15) is 55.7 Å². The molecule has 1 amide bonds. The second-order valence-corrected chi connectivity index (χ2v) is 11.5. The first kappa shape index (κ1) is 24.9. The zero-order valence-corrected chi connectivity index (χ0v) is 21.3. The first-order valence-electron chi connectivity index (χ1n) is 11.6. The van der Waals surface area contributed by atoms with Crippen molar-refractivity contribution in [2.24, 2.45) is 11.1 Å². The number of aromatic nitrogens is 1. The van der Waals surface area contributed by atoms with E-state index in [9.17, 15) is 18.0 Å². The third kappa shape index (κ3) is 4.94. The van der Waals surface area contributed by atoms with Crippen molar-refractivity contribution in [1.82, 2.24) is 4.57 Å². The van der Waals surface area contributed by atoms with Crippen molar-refractivity contribution >= 4 is 27.4 Å². The van der Waals surface area contributed by atoms with Crippen LogP contribution >= 0.6 is 0 Å². The number of rotatable bonds is 6. The van der Waals surface area contributed by atoms with Crippen LogP contribution in [0.5, 0.6) is 0 Å². The van der Waals surface area contributed by atoms with Crippen LogP contribution in [0.15, 0.2) is 65.7 Å². The van der Waals surface area contributed by atoms with Gasteiger partial charge in [0.25, 0.3) is 0 Å². The lowest BCUT2D eigenvalue weighted by Crippen LogP contribution is -2.40. The highest BCUT2D eigenvalue weighted by atomic mass is 32.2. The molecule has 0 bridgehead atoms. The van der Waals surface area contributed by atoms with Gasteiger partial charge in [-0.1, -0.05) is 20.8 Å². The predicted octanol–water partition coefficient (Wildman–Crippen LogP) is 4.22. The van der Waals surface area contributed by atoms with E-state index in [0.29, 0.717) is 18.5 Å². The normalized spacial score (nSPS) is 16.0. The van der Waals surface area contributed by atoms with E-state index in [4.69, 9.17) is 5.14 Å². The summed E-state index contributed by atoms with van der Waals surface area (Å²) in [6.45, 7) is 8.45. The van der Waals surface area contributed by atoms with Gasteiger partial charge in [-0.15, -0.1) is 0 Å². The van der Waals surface area contributed by atoms with E-state index in [0.717, 1.165) is 29.1 Å². The summed E-state index contributed by atoms with van der Waals surface area (Å²) in [6, 6.07) is 15.9. The number of nitrogens with zero attached hydrogens (tertiary/aromatic N) is 2. The molecule has 35 heavy (non-hydrogen) atoms. The number of fused-ring (bicyclic) bond motifs is 1. The molecule has 1 aliphatic rings. The Morgan fingerprint density at radius 1 is 1.09 bits per heavy atom. The fraction of sp³-hybridized carbons (Fsp3) is 0.333. The molecule has 184 valence electrons. The third-order valence-corrected chi connectivity index (χ3v) is 7.81. The van der Waals surface area contributed by atoms with Gasteiger partial charge in [0, 0.05) is 48.2 Å². The van der Waals surface area contributed by atoms with Crippen LogP contribution in [0.3, 0.4) is 0 Å². The van der Waals surface area contributed by atoms with Crippen LogP contribution in [-0.2, 0) is 26.7 Å². The third-order valence-electron chi connectivity index (χ3n) is 6.88. The Morgan fingerprint density at radius 3 is 2.40 bits per heavy atom. The predicted molar refractivity (Wildman–Crippen MR) is 136 cm³/mol. The Morgan fingerprint density at radius 2 is 1.77 bits per heavy atom. The van der Waals surface area contributed by atoms with E-state index in [1.807, 2.05) is 48.0 Å². The Balaban J connectivity index is 1.58. The first-order valence-corrected chi connectivity index (χ1v) is 13.2. The molecule has 1 unspecified atom stereocenters. The van der Waals surface area contributed by atoms with Crippen LogP contribution in [0, 0.1) is 5.92 Å². The highest BCUT2D eigenvalue weighted by Crippen LogP contribution is 2.40. The zero-order valence-electron chi connectivity index (χ0n) is 20.5. The highest BCUT2D eigenvalue weighted by Gasteiger charge is 2.33. The number of carbonyl (C=O) groups is 2. The number of anilines is 1. The summed E-state index contributed by atoms with van der Waals surface area (Å²) in [5.41, 5.74) is 4.15. The molecule has 2 aromatic carbocycles. The fourth-order valence-electron chi connectivity index (χ4n) is 4.76. The second-order valence-electron chi connectivity index (χ2n) is 9.91. The molecule has 1 atom stereocenters. The van der Waals surface area contributed by atoms with Crippen molar-refractivity contribution in [2.75, 3.05) is 11.4 Å². The topological polar surface area (TPSA) is 102 Å². The van der Waals surface area contributed by atoms with Crippen LogP contribution in [0.2, 0.25) is 0 Å². The molecule has 0 aliphatic carbocycles. The Labute approximate surface area is 206 Å². The Kier molecular flexibility index (Phi) is 6.46. The van der Waals surface area contributed by atoms with Gasteiger partial charge in [-0.05, 0) is 78.4 Å². The lowest BCUT2D eigenvalue weighted by Gasteiger charge is -2.39. The number of carbonyl (C=O) groups excluding carboxylic acids is 2. The molecule has 7 nitrogen and oxygen atoms in total. The molecule has 4 rings (SSSR count). The molecule has 1 aromatic heterocycles. The van der Waals surface area contributed by atoms with Crippen LogP contribution in [0.25, 0.3) is 5.69 Å². The average Bonchev–Trinajstić information content (AvgIpc) is 3.25. The minimum Gasteiger partial charge on any atom is -0.321 e. The van der Waals surface area contributed by atoms with E-state index in [2.05, 4.69) is 13.8 Å². The SMILES string of the molecule is CC(=O)N1CCC(C)(C)c2cc(C(=O)C(C)Cc3cccn3-c3ccc(S(N)(=O)=O)cc3)ccc21. The molecule has 0 saturated carbocycles. The average molecular weight is 494 g/mol. The van der Waals surface area contributed by atoms with Crippen molar-refractivity contribution in [1.29, 1.82) is 0 Å². The molecule has 0 saturated heterocycles. The molecule has 8 heteroatoms. The number of nitrogens with two attached hydrogens (primary N) is 1. The van der Waals surface area contributed by atoms with Crippen molar-refractivity contribution in [3.63, 3.8) is 0 Å². The summed E-state index contributed by atoms with van der Waals surface area (Å²) in [7, 11) is -3.76. The lowest BCUT2D eigenvalue weighted by atomic mass is 9.76. The van der Waals surface area contributed by atoms with Gasteiger partial charge in [0.2, 0.25) is 15.9 Å². The number of primary sulfonamides is 1. The van der Waals surface area contributed by atoms with Gasteiger partial charge in [0.1, 0.15) is 0 Å². The van der Waals surface area contributed by atoms with E-state index in [-0.39, 0.29) is 27.9 Å². The molecule has 2 heterocycles. The number of Topliss-reactive ketones (excluding diaryl/α,β-unsaturated/α-hetero) is 1. The molecule has 1 aliphatic heterocycles. The van der Waals surface area contributed by atoms with E-state index in [1.54, 1.807) is 24.0 Å². The zero-order chi connectivity index (χ0) is 25.5. The maximum Gasteiger partial charge on any atom is 0.238 e. The largest absolute Gasteiger partial charge is 0.321 e. The van der Waals surface area contributed by atoms with Crippen molar-refractivity contribution in [3.8, 4) is 5.69 Å². The van der Waals surface area contributed by atoms with Gasteiger partial charge in [0.15, 0.2) is 5.78 Å². The highest BCUT2D eigenvalue weighted by molar-refractivity contribution is 7.89. The molecular weight excluding hydrogens is 462 g/mol. The van der Waals surface area contributed by atoms with E-state index >= 15 is 0 Å². The van der Waals surface area contributed by atoms with Crippen LogP contribution < -0.4 is 10.0 Å². The summed E-state index contributed by atoms with van der Waals surface area (Å²) in [6.07, 6.45) is 3.24. The number of amides is 1. The summed E-state index contributed by atoms with van der Waals surface area (Å²) in [5, 5.41) is 5.20. The van der Waals surface area contributed by atoms with E-state index in [1.165, 1.54) is 12.1 Å². The molecular formula is C27H31N3O4S.